The van der Waals surface area contributed by atoms with Gasteiger partial charge < -0.3 is 10.4 Å². The third-order valence-electron chi connectivity index (χ3n) is 2.67. The van der Waals surface area contributed by atoms with Crippen molar-refractivity contribution in [3.05, 3.63) is 0 Å². The van der Waals surface area contributed by atoms with Crippen LogP contribution in [0.4, 0.5) is 13.2 Å². The summed E-state index contributed by atoms with van der Waals surface area (Å²) in [6, 6.07) is -0.375. The van der Waals surface area contributed by atoms with Crippen molar-refractivity contribution in [3.8, 4) is 0 Å². The second-order valence-corrected chi connectivity index (χ2v) is 3.94. The molecule has 16 heavy (non-hydrogen) atoms. The van der Waals surface area contributed by atoms with Crippen LogP contribution in [0.25, 0.3) is 0 Å². The lowest BCUT2D eigenvalue weighted by Crippen LogP contribution is -2.46. The Morgan fingerprint density at radius 1 is 1.62 bits per heavy atom. The van der Waals surface area contributed by atoms with E-state index >= 15 is 0 Å². The lowest BCUT2D eigenvalue weighted by atomic mass is 10.2. The SMILES string of the molecule is CN1CCCC1C(=O)NCC(O)C(F)(F)F. The zero-order valence-corrected chi connectivity index (χ0v) is 8.92. The van der Waals surface area contributed by atoms with Gasteiger partial charge in [-0.2, -0.15) is 13.2 Å². The zero-order valence-electron chi connectivity index (χ0n) is 8.92. The van der Waals surface area contributed by atoms with Crippen molar-refractivity contribution in [1.29, 1.82) is 0 Å². The number of hydrogen-bond acceptors (Lipinski definition) is 3. The number of halogens is 3. The number of likely N-dealkylation sites (tertiary alicyclic amines) is 1. The molecule has 0 saturated carbocycles. The molecule has 1 saturated heterocycles. The van der Waals surface area contributed by atoms with Crippen LogP contribution in [0.5, 0.6) is 0 Å². The first-order valence-corrected chi connectivity index (χ1v) is 5.05. The van der Waals surface area contributed by atoms with E-state index in [1.165, 1.54) is 0 Å². The molecule has 2 unspecified atom stereocenters. The van der Waals surface area contributed by atoms with Crippen molar-refractivity contribution in [1.82, 2.24) is 10.2 Å². The molecule has 94 valence electrons. The zero-order chi connectivity index (χ0) is 12.3. The lowest BCUT2D eigenvalue weighted by molar-refractivity contribution is -0.201. The van der Waals surface area contributed by atoms with Gasteiger partial charge in [0.05, 0.1) is 12.6 Å². The van der Waals surface area contributed by atoms with E-state index in [-0.39, 0.29) is 6.04 Å². The molecule has 1 aliphatic rings. The lowest BCUT2D eigenvalue weighted by Gasteiger charge is -2.20. The van der Waals surface area contributed by atoms with Gasteiger partial charge in [-0.25, -0.2) is 0 Å². The fraction of sp³-hybridized carbons (Fsp3) is 0.889. The molecule has 0 aromatic rings. The Hall–Kier alpha value is -0.820. The number of hydrogen-bond donors (Lipinski definition) is 2. The summed E-state index contributed by atoms with van der Waals surface area (Å²) in [4.78, 5) is 13.2. The van der Waals surface area contributed by atoms with E-state index in [1.54, 1.807) is 11.9 Å². The summed E-state index contributed by atoms with van der Waals surface area (Å²) in [5.41, 5.74) is 0. The van der Waals surface area contributed by atoms with Crippen LogP contribution >= 0.6 is 0 Å². The van der Waals surface area contributed by atoms with Gasteiger partial charge in [-0.15, -0.1) is 0 Å². The van der Waals surface area contributed by atoms with Crippen LogP contribution in [0.3, 0.4) is 0 Å². The van der Waals surface area contributed by atoms with E-state index in [4.69, 9.17) is 5.11 Å². The maximum atomic E-state index is 11.9. The first-order chi connectivity index (χ1) is 7.32. The number of nitrogens with zero attached hydrogens (tertiary/aromatic N) is 1. The number of carbonyl (C=O) groups excluding carboxylic acids is 1. The largest absolute Gasteiger partial charge is 0.416 e. The van der Waals surface area contributed by atoms with Crippen LogP contribution in [-0.2, 0) is 4.79 Å². The molecule has 0 aromatic carbocycles. The van der Waals surface area contributed by atoms with E-state index in [0.717, 1.165) is 13.0 Å². The molecule has 1 heterocycles. The number of amides is 1. The van der Waals surface area contributed by atoms with E-state index in [9.17, 15) is 18.0 Å². The van der Waals surface area contributed by atoms with Crippen LogP contribution in [0.1, 0.15) is 12.8 Å². The van der Waals surface area contributed by atoms with Crippen LogP contribution < -0.4 is 5.32 Å². The fourth-order valence-corrected chi connectivity index (χ4v) is 1.67. The predicted molar refractivity (Wildman–Crippen MR) is 50.7 cm³/mol. The molecular weight excluding hydrogens is 225 g/mol. The summed E-state index contributed by atoms with van der Waals surface area (Å²) in [5.74, 6) is -0.455. The minimum atomic E-state index is -4.69. The van der Waals surface area contributed by atoms with Gasteiger partial charge >= 0.3 is 6.18 Å². The van der Waals surface area contributed by atoms with Gasteiger partial charge in [0, 0.05) is 0 Å². The number of nitrogens with one attached hydrogen (secondary N) is 1. The number of alkyl halides is 3. The monoisotopic (exact) mass is 240 g/mol. The Kier molecular flexibility index (Phi) is 4.15. The summed E-state index contributed by atoms with van der Waals surface area (Å²) >= 11 is 0. The highest BCUT2D eigenvalue weighted by Gasteiger charge is 2.38. The highest BCUT2D eigenvalue weighted by Crippen LogP contribution is 2.19. The van der Waals surface area contributed by atoms with Gasteiger partial charge in [0.1, 0.15) is 0 Å². The van der Waals surface area contributed by atoms with Gasteiger partial charge in [-0.3, -0.25) is 9.69 Å². The molecule has 7 heteroatoms. The van der Waals surface area contributed by atoms with Crippen LogP contribution in [0, 0.1) is 0 Å². The van der Waals surface area contributed by atoms with Gasteiger partial charge in [0.15, 0.2) is 6.10 Å². The molecule has 0 radical (unpaired) electrons. The predicted octanol–water partition coefficient (Wildman–Crippen LogP) is 0.120. The number of aliphatic hydroxyl groups is 1. The number of aliphatic hydroxyl groups excluding tert-OH is 1. The maximum absolute atomic E-state index is 11.9. The smallest absolute Gasteiger partial charge is 0.382 e. The molecular formula is C9H15F3N2O2. The normalized spacial score (nSPS) is 24.4. The van der Waals surface area contributed by atoms with Crippen molar-refractivity contribution in [2.24, 2.45) is 0 Å². The highest BCUT2D eigenvalue weighted by atomic mass is 19.4. The van der Waals surface area contributed by atoms with Crippen LogP contribution in [0.15, 0.2) is 0 Å². The average molecular weight is 240 g/mol. The molecule has 2 N–H and O–H groups in total. The molecule has 1 aliphatic heterocycles. The van der Waals surface area contributed by atoms with Gasteiger partial charge in [0.25, 0.3) is 0 Å². The highest BCUT2D eigenvalue weighted by molar-refractivity contribution is 5.82. The van der Waals surface area contributed by atoms with Crippen molar-refractivity contribution in [3.63, 3.8) is 0 Å². The Morgan fingerprint density at radius 3 is 2.69 bits per heavy atom. The van der Waals surface area contributed by atoms with Gasteiger partial charge in [-0.1, -0.05) is 0 Å². The molecule has 0 bridgehead atoms. The molecule has 1 rings (SSSR count). The second kappa shape index (κ2) is 5.01. The van der Waals surface area contributed by atoms with Crippen molar-refractivity contribution in [2.75, 3.05) is 20.1 Å². The Balaban J connectivity index is 2.35. The summed E-state index contributed by atoms with van der Waals surface area (Å²) < 4.78 is 35.8. The molecule has 1 fully saturated rings. The summed E-state index contributed by atoms with van der Waals surface area (Å²) in [5, 5.41) is 10.8. The van der Waals surface area contributed by atoms with Crippen molar-refractivity contribution in [2.45, 2.75) is 31.2 Å². The Labute approximate surface area is 91.4 Å². The quantitative estimate of drug-likeness (QED) is 0.736. The maximum Gasteiger partial charge on any atom is 0.416 e. The molecule has 2 atom stereocenters. The van der Waals surface area contributed by atoms with Crippen molar-refractivity contribution >= 4 is 5.91 Å². The average Bonchev–Trinajstić information content (AvgIpc) is 2.58. The first kappa shape index (κ1) is 13.2. The van der Waals surface area contributed by atoms with Gasteiger partial charge in [0.2, 0.25) is 5.91 Å². The third-order valence-corrected chi connectivity index (χ3v) is 2.67. The van der Waals surface area contributed by atoms with E-state index < -0.39 is 24.7 Å². The minimum absolute atomic E-state index is 0.375. The van der Waals surface area contributed by atoms with E-state index in [1.807, 2.05) is 0 Å². The molecule has 1 amide bonds. The topological polar surface area (TPSA) is 52.6 Å². The first-order valence-electron chi connectivity index (χ1n) is 5.05. The standard InChI is InChI=1S/C9H15F3N2O2/c1-14-4-2-3-6(14)8(16)13-5-7(15)9(10,11)12/h6-7,15H,2-5H2,1H3,(H,13,16). The minimum Gasteiger partial charge on any atom is -0.382 e. The number of carbonyl (C=O) groups is 1. The van der Waals surface area contributed by atoms with E-state index in [0.29, 0.717) is 6.42 Å². The summed E-state index contributed by atoms with van der Waals surface area (Å²) in [6.45, 7) is -0.0212. The number of rotatable bonds is 3. The van der Waals surface area contributed by atoms with Gasteiger partial charge in [-0.05, 0) is 26.4 Å². The second-order valence-electron chi connectivity index (χ2n) is 3.94. The fourth-order valence-electron chi connectivity index (χ4n) is 1.67. The summed E-state index contributed by atoms with van der Waals surface area (Å²) in [7, 11) is 1.75. The third kappa shape index (κ3) is 3.34. The molecule has 4 nitrogen and oxygen atoms in total. The molecule has 0 spiro atoms. The van der Waals surface area contributed by atoms with Crippen LogP contribution in [-0.4, -0.2) is 54.4 Å². The van der Waals surface area contributed by atoms with Crippen molar-refractivity contribution < 1.29 is 23.1 Å². The van der Waals surface area contributed by atoms with Crippen LogP contribution in [0.2, 0.25) is 0 Å². The Morgan fingerprint density at radius 2 is 2.25 bits per heavy atom. The molecule has 0 aliphatic carbocycles. The number of likely N-dealkylation sites (N-methyl/N-ethyl adjacent to an activating group) is 1. The summed E-state index contributed by atoms with van der Waals surface area (Å²) in [6.07, 6.45) is -5.68. The molecule has 0 aromatic heterocycles. The Bertz CT molecular complexity index is 258. The van der Waals surface area contributed by atoms with E-state index in [2.05, 4.69) is 5.32 Å².